The van der Waals surface area contributed by atoms with Crippen molar-refractivity contribution >= 4 is 28.7 Å². The molecule has 2 aliphatic rings. The van der Waals surface area contributed by atoms with Crippen LogP contribution in [0.4, 0.5) is 0 Å². The Morgan fingerprint density at radius 2 is 2.25 bits per heavy atom. The van der Waals surface area contributed by atoms with Crippen LogP contribution in [0.3, 0.4) is 0 Å². The number of thiophene rings is 1. The van der Waals surface area contributed by atoms with Crippen LogP contribution in [0.2, 0.25) is 0 Å². The Morgan fingerprint density at radius 1 is 1.46 bits per heavy atom. The number of rotatable bonds is 5. The average molecular weight is 346 g/mol. The molecule has 1 aliphatic carbocycles. The van der Waals surface area contributed by atoms with Crippen LogP contribution in [0.15, 0.2) is 21.9 Å². The Kier molecular flexibility index (Phi) is 4.90. The van der Waals surface area contributed by atoms with E-state index in [1.54, 1.807) is 6.07 Å². The molecule has 0 bridgehead atoms. The second-order valence-corrected chi connectivity index (χ2v) is 8.10. The largest absolute Gasteiger partial charge is 0.292 e. The number of nitrogens with zero attached hydrogens (tertiary/aromatic N) is 2. The minimum absolute atomic E-state index is 0.00494. The van der Waals surface area contributed by atoms with Gasteiger partial charge in [0.1, 0.15) is 6.54 Å². The first-order chi connectivity index (χ1) is 11.5. The van der Waals surface area contributed by atoms with E-state index in [4.69, 9.17) is 0 Å². The number of carbonyl (C=O) groups excluding carboxylic acids is 2. The summed E-state index contributed by atoms with van der Waals surface area (Å²) >= 11 is 1.49. The summed E-state index contributed by atoms with van der Waals surface area (Å²) in [4.78, 5) is 25.4. The number of Topliss-reactive ketones (excluding diaryl/α,β-unsaturated/α-hetero) is 1. The zero-order chi connectivity index (χ0) is 17.3. The van der Waals surface area contributed by atoms with Gasteiger partial charge in [-0.05, 0) is 50.0 Å². The van der Waals surface area contributed by atoms with Crippen LogP contribution in [0, 0.1) is 17.3 Å². The van der Waals surface area contributed by atoms with Gasteiger partial charge in [0, 0.05) is 10.9 Å². The highest BCUT2D eigenvalue weighted by Crippen LogP contribution is 2.46. The SMILES string of the molecule is CC[C@@H]1CCC[C@@H](C2(C)C(=O)N(CC(=O)c3ccsc3)N=C2C)C1. The van der Waals surface area contributed by atoms with Crippen molar-refractivity contribution < 1.29 is 9.59 Å². The quantitative estimate of drug-likeness (QED) is 0.743. The smallest absolute Gasteiger partial charge is 0.255 e. The van der Waals surface area contributed by atoms with Crippen LogP contribution in [-0.4, -0.2) is 29.0 Å². The Hall–Kier alpha value is -1.49. The number of hydrogen-bond donors (Lipinski definition) is 0. The van der Waals surface area contributed by atoms with Crippen LogP contribution in [0.5, 0.6) is 0 Å². The highest BCUT2D eigenvalue weighted by Gasteiger charge is 2.51. The van der Waals surface area contributed by atoms with Crippen LogP contribution < -0.4 is 0 Å². The van der Waals surface area contributed by atoms with E-state index in [-0.39, 0.29) is 18.2 Å². The van der Waals surface area contributed by atoms with Gasteiger partial charge in [0.25, 0.3) is 5.91 Å². The van der Waals surface area contributed by atoms with Gasteiger partial charge in [-0.1, -0.05) is 26.2 Å². The molecule has 0 saturated heterocycles. The van der Waals surface area contributed by atoms with Crippen molar-refractivity contribution in [3.63, 3.8) is 0 Å². The molecule has 5 heteroatoms. The molecule has 1 aromatic heterocycles. The van der Waals surface area contributed by atoms with Gasteiger partial charge in [-0.15, -0.1) is 0 Å². The Bertz CT molecular complexity index is 652. The van der Waals surface area contributed by atoms with E-state index in [1.807, 2.05) is 24.6 Å². The van der Waals surface area contributed by atoms with Crippen molar-refractivity contribution in [2.45, 2.75) is 52.9 Å². The summed E-state index contributed by atoms with van der Waals surface area (Å²) in [5, 5.41) is 9.59. The standard InChI is InChI=1S/C19H26N2O2S/c1-4-14-6-5-7-16(10-14)19(3)13(2)20-21(18(19)23)11-17(22)15-8-9-24-12-15/h8-9,12,14,16H,4-7,10-11H2,1-3H3/t14-,16-,19?/m1/s1. The van der Waals surface area contributed by atoms with Crippen LogP contribution >= 0.6 is 11.3 Å². The first-order valence-electron chi connectivity index (χ1n) is 8.89. The molecule has 2 heterocycles. The summed E-state index contributed by atoms with van der Waals surface area (Å²) in [5.41, 5.74) is 0.994. The van der Waals surface area contributed by atoms with Gasteiger partial charge >= 0.3 is 0 Å². The van der Waals surface area contributed by atoms with E-state index in [2.05, 4.69) is 12.0 Å². The molecule has 1 aromatic rings. The maximum absolute atomic E-state index is 13.1. The maximum atomic E-state index is 13.1. The molecular formula is C19H26N2O2S. The van der Waals surface area contributed by atoms with Crippen molar-refractivity contribution in [2.75, 3.05) is 6.54 Å². The zero-order valence-electron chi connectivity index (χ0n) is 14.7. The number of ketones is 1. The predicted molar refractivity (Wildman–Crippen MR) is 97.3 cm³/mol. The molecular weight excluding hydrogens is 320 g/mol. The van der Waals surface area contributed by atoms with Gasteiger partial charge in [-0.2, -0.15) is 16.4 Å². The van der Waals surface area contributed by atoms with Crippen LogP contribution in [0.25, 0.3) is 0 Å². The lowest BCUT2D eigenvalue weighted by molar-refractivity contribution is -0.138. The van der Waals surface area contributed by atoms with Gasteiger partial charge in [0.15, 0.2) is 5.78 Å². The molecule has 1 aliphatic heterocycles. The molecule has 1 unspecified atom stereocenters. The monoisotopic (exact) mass is 346 g/mol. The molecule has 3 rings (SSSR count). The van der Waals surface area contributed by atoms with Crippen molar-refractivity contribution in [1.82, 2.24) is 5.01 Å². The molecule has 24 heavy (non-hydrogen) atoms. The minimum atomic E-state index is -0.539. The van der Waals surface area contributed by atoms with Crippen molar-refractivity contribution in [1.29, 1.82) is 0 Å². The van der Waals surface area contributed by atoms with E-state index >= 15 is 0 Å². The lowest BCUT2D eigenvalue weighted by atomic mass is 9.64. The summed E-state index contributed by atoms with van der Waals surface area (Å²) in [7, 11) is 0. The molecule has 1 saturated carbocycles. The molecule has 0 spiro atoms. The van der Waals surface area contributed by atoms with E-state index in [1.165, 1.54) is 35.6 Å². The Morgan fingerprint density at radius 3 is 2.92 bits per heavy atom. The minimum Gasteiger partial charge on any atom is -0.292 e. The molecule has 0 radical (unpaired) electrons. The van der Waals surface area contributed by atoms with E-state index in [9.17, 15) is 9.59 Å². The highest BCUT2D eigenvalue weighted by atomic mass is 32.1. The summed E-state index contributed by atoms with van der Waals surface area (Å²) in [6.45, 7) is 6.26. The third-order valence-corrected chi connectivity index (χ3v) is 6.70. The van der Waals surface area contributed by atoms with Crippen LogP contribution in [0.1, 0.15) is 63.2 Å². The Balaban J connectivity index is 1.75. The molecule has 1 fully saturated rings. The number of amides is 1. The lowest BCUT2D eigenvalue weighted by Crippen LogP contribution is -2.45. The third kappa shape index (κ3) is 2.94. The van der Waals surface area contributed by atoms with Gasteiger partial charge in [0.2, 0.25) is 0 Å². The number of carbonyl (C=O) groups is 2. The average Bonchev–Trinajstić information content (AvgIpc) is 3.20. The van der Waals surface area contributed by atoms with Crippen LogP contribution in [-0.2, 0) is 4.79 Å². The van der Waals surface area contributed by atoms with Crippen molar-refractivity contribution in [3.05, 3.63) is 22.4 Å². The fourth-order valence-corrected chi connectivity index (χ4v) is 4.83. The second kappa shape index (κ2) is 6.79. The normalized spacial score (nSPS) is 30.5. The van der Waals surface area contributed by atoms with Gasteiger partial charge in [0.05, 0.1) is 11.1 Å². The number of hydrogen-bond acceptors (Lipinski definition) is 4. The lowest BCUT2D eigenvalue weighted by Gasteiger charge is -2.38. The number of hydrazone groups is 1. The summed E-state index contributed by atoms with van der Waals surface area (Å²) < 4.78 is 0. The third-order valence-electron chi connectivity index (χ3n) is 6.01. The van der Waals surface area contributed by atoms with Crippen molar-refractivity contribution in [3.8, 4) is 0 Å². The second-order valence-electron chi connectivity index (χ2n) is 7.32. The molecule has 0 aromatic carbocycles. The van der Waals surface area contributed by atoms with Crippen molar-refractivity contribution in [2.24, 2.45) is 22.4 Å². The van der Waals surface area contributed by atoms with E-state index < -0.39 is 5.41 Å². The zero-order valence-corrected chi connectivity index (χ0v) is 15.6. The molecule has 1 amide bonds. The predicted octanol–water partition coefficient (Wildman–Crippen LogP) is 4.37. The first-order valence-corrected chi connectivity index (χ1v) is 9.84. The molecule has 4 nitrogen and oxygen atoms in total. The van der Waals surface area contributed by atoms with Gasteiger partial charge in [-0.3, -0.25) is 9.59 Å². The molecule has 0 N–H and O–H groups in total. The Labute approximate surface area is 147 Å². The topological polar surface area (TPSA) is 49.7 Å². The molecule has 130 valence electrons. The fraction of sp³-hybridized carbons (Fsp3) is 0.632. The molecule has 3 atom stereocenters. The van der Waals surface area contributed by atoms with Gasteiger partial charge in [-0.25, -0.2) is 5.01 Å². The summed E-state index contributed by atoms with van der Waals surface area (Å²) in [6.07, 6.45) is 5.81. The van der Waals surface area contributed by atoms with E-state index in [0.717, 1.165) is 18.6 Å². The maximum Gasteiger partial charge on any atom is 0.255 e. The van der Waals surface area contributed by atoms with Gasteiger partial charge < -0.3 is 0 Å². The van der Waals surface area contributed by atoms with E-state index in [0.29, 0.717) is 17.4 Å². The first kappa shape index (κ1) is 17.3. The highest BCUT2D eigenvalue weighted by molar-refractivity contribution is 7.08. The summed E-state index contributed by atoms with van der Waals surface area (Å²) in [6, 6.07) is 1.80. The summed E-state index contributed by atoms with van der Waals surface area (Å²) in [5.74, 6) is 1.02. The fourth-order valence-electron chi connectivity index (χ4n) is 4.17.